The minimum atomic E-state index is -0.648. The van der Waals surface area contributed by atoms with Gasteiger partial charge in [0.2, 0.25) is 0 Å². The van der Waals surface area contributed by atoms with E-state index in [1.807, 2.05) is 38.4 Å². The Morgan fingerprint density at radius 2 is 1.93 bits per heavy atom. The van der Waals surface area contributed by atoms with Crippen LogP contribution in [0, 0.1) is 6.92 Å². The lowest BCUT2D eigenvalue weighted by Gasteiger charge is -2.31. The topological polar surface area (TPSA) is 71.8 Å². The van der Waals surface area contributed by atoms with Gasteiger partial charge in [-0.1, -0.05) is 30.3 Å². The zero-order valence-electron chi connectivity index (χ0n) is 16.1. The molecule has 0 bridgehead atoms. The first-order chi connectivity index (χ1) is 13.5. The molecule has 2 heterocycles. The number of ether oxygens (including phenoxy) is 1. The van der Waals surface area contributed by atoms with Gasteiger partial charge >= 0.3 is 5.63 Å². The van der Waals surface area contributed by atoms with E-state index < -0.39 is 11.5 Å². The summed E-state index contributed by atoms with van der Waals surface area (Å²) in [6.07, 6.45) is 0.880. The molecule has 0 fully saturated rings. The highest BCUT2D eigenvalue weighted by molar-refractivity contribution is 6.07. The van der Waals surface area contributed by atoms with Gasteiger partial charge in [0.1, 0.15) is 16.9 Å². The van der Waals surface area contributed by atoms with Gasteiger partial charge in [0.05, 0.1) is 12.3 Å². The largest absolute Gasteiger partial charge is 0.491 e. The summed E-state index contributed by atoms with van der Waals surface area (Å²) in [6.45, 7) is 2.33. The molecule has 28 heavy (non-hydrogen) atoms. The van der Waals surface area contributed by atoms with Gasteiger partial charge in [-0.15, -0.1) is 0 Å². The summed E-state index contributed by atoms with van der Waals surface area (Å²) >= 11 is 0. The second-order valence-corrected chi connectivity index (χ2v) is 7.18. The van der Waals surface area contributed by atoms with Crippen LogP contribution < -0.4 is 15.7 Å². The number of nitrogens with zero attached hydrogens (tertiary/aromatic N) is 1. The molecule has 0 radical (unpaired) electrons. The molecule has 4 rings (SSSR count). The Balaban J connectivity index is 1.74. The Hall–Kier alpha value is -3.12. The zero-order valence-corrected chi connectivity index (χ0v) is 16.1. The van der Waals surface area contributed by atoms with E-state index >= 15 is 0 Å². The van der Waals surface area contributed by atoms with Gasteiger partial charge in [0, 0.05) is 23.4 Å². The SMILES string of the molecule is Cc1c(C(=O)Nc2cccc3c2OCCC3N(C)C)c(=O)oc2ccccc12. The monoisotopic (exact) mass is 378 g/mol. The third kappa shape index (κ3) is 3.05. The third-order valence-electron chi connectivity index (χ3n) is 5.21. The van der Waals surface area contributed by atoms with Crippen LogP contribution in [-0.4, -0.2) is 31.5 Å². The van der Waals surface area contributed by atoms with Crippen molar-refractivity contribution in [1.82, 2.24) is 4.90 Å². The number of amides is 1. The number of rotatable bonds is 3. The van der Waals surface area contributed by atoms with Crippen LogP contribution in [0.25, 0.3) is 11.0 Å². The number of carbonyl (C=O) groups excluding carboxylic acids is 1. The van der Waals surface area contributed by atoms with Crippen molar-refractivity contribution < 1.29 is 13.9 Å². The summed E-state index contributed by atoms with van der Waals surface area (Å²) in [5.41, 5.74) is 2.01. The van der Waals surface area contributed by atoms with E-state index in [2.05, 4.69) is 10.2 Å². The van der Waals surface area contributed by atoms with Crippen molar-refractivity contribution in [3.05, 3.63) is 69.6 Å². The number of anilines is 1. The minimum Gasteiger partial charge on any atom is -0.491 e. The van der Waals surface area contributed by atoms with E-state index in [4.69, 9.17) is 9.15 Å². The van der Waals surface area contributed by atoms with Crippen molar-refractivity contribution in [2.75, 3.05) is 26.0 Å². The van der Waals surface area contributed by atoms with E-state index in [1.54, 1.807) is 25.1 Å². The molecule has 1 amide bonds. The van der Waals surface area contributed by atoms with E-state index in [-0.39, 0.29) is 11.6 Å². The molecule has 0 saturated heterocycles. The fraction of sp³-hybridized carbons (Fsp3) is 0.273. The summed E-state index contributed by atoms with van der Waals surface area (Å²) < 4.78 is 11.2. The Kier molecular flexibility index (Phi) is 4.65. The molecule has 0 aliphatic carbocycles. The molecular formula is C22H22N2O4. The van der Waals surface area contributed by atoms with Gasteiger partial charge < -0.3 is 19.4 Å². The number of aryl methyl sites for hydroxylation is 1. The second-order valence-electron chi connectivity index (χ2n) is 7.18. The van der Waals surface area contributed by atoms with Crippen LogP contribution in [0.3, 0.4) is 0 Å². The lowest BCUT2D eigenvalue weighted by molar-refractivity contribution is 0.102. The van der Waals surface area contributed by atoms with Gasteiger partial charge in [0.25, 0.3) is 5.91 Å². The number of nitrogens with one attached hydrogen (secondary N) is 1. The molecule has 1 unspecified atom stereocenters. The molecule has 144 valence electrons. The Morgan fingerprint density at radius 1 is 1.14 bits per heavy atom. The highest BCUT2D eigenvalue weighted by Crippen LogP contribution is 2.40. The highest BCUT2D eigenvalue weighted by atomic mass is 16.5. The fourth-order valence-corrected chi connectivity index (χ4v) is 3.79. The van der Waals surface area contributed by atoms with E-state index in [0.717, 1.165) is 17.4 Å². The second kappa shape index (κ2) is 7.13. The first kappa shape index (κ1) is 18.3. The van der Waals surface area contributed by atoms with Crippen LogP contribution in [0.4, 0.5) is 5.69 Å². The maximum absolute atomic E-state index is 13.0. The lowest BCUT2D eigenvalue weighted by Crippen LogP contribution is -2.27. The van der Waals surface area contributed by atoms with Crippen LogP contribution in [0.5, 0.6) is 5.75 Å². The molecule has 1 aliphatic rings. The Morgan fingerprint density at radius 3 is 2.71 bits per heavy atom. The lowest BCUT2D eigenvalue weighted by atomic mass is 9.98. The summed E-state index contributed by atoms with van der Waals surface area (Å²) in [7, 11) is 4.04. The predicted molar refractivity (Wildman–Crippen MR) is 108 cm³/mol. The van der Waals surface area contributed by atoms with Crippen LogP contribution in [-0.2, 0) is 0 Å². The maximum atomic E-state index is 13.0. The molecule has 1 aliphatic heterocycles. The smallest absolute Gasteiger partial charge is 0.349 e. The van der Waals surface area contributed by atoms with Crippen molar-refractivity contribution in [2.45, 2.75) is 19.4 Å². The maximum Gasteiger partial charge on any atom is 0.349 e. The van der Waals surface area contributed by atoms with E-state index in [0.29, 0.717) is 29.2 Å². The number of carbonyl (C=O) groups is 1. The number of fused-ring (bicyclic) bond motifs is 2. The van der Waals surface area contributed by atoms with E-state index in [1.165, 1.54) is 0 Å². The summed E-state index contributed by atoms with van der Waals surface area (Å²) in [4.78, 5) is 27.5. The quantitative estimate of drug-likeness (QED) is 0.703. The van der Waals surface area contributed by atoms with Gasteiger partial charge in [0.15, 0.2) is 0 Å². The number of hydrogen-bond acceptors (Lipinski definition) is 5. The van der Waals surface area contributed by atoms with Crippen molar-refractivity contribution in [3.8, 4) is 5.75 Å². The third-order valence-corrected chi connectivity index (χ3v) is 5.21. The number of hydrogen-bond donors (Lipinski definition) is 1. The van der Waals surface area contributed by atoms with Crippen molar-refractivity contribution >= 4 is 22.6 Å². The van der Waals surface area contributed by atoms with Crippen LogP contribution in [0.1, 0.15) is 33.9 Å². The molecule has 3 aromatic rings. The standard InChI is InChI=1S/C22H22N2O4/c1-13-14-7-4-5-10-18(14)28-22(26)19(13)21(25)23-16-9-6-8-15-17(24(2)3)11-12-27-20(15)16/h4-10,17H,11-12H2,1-3H3,(H,23,25). The molecule has 6 heteroatoms. The molecular weight excluding hydrogens is 356 g/mol. The normalized spacial score (nSPS) is 15.9. The van der Waals surface area contributed by atoms with Crippen LogP contribution >= 0.6 is 0 Å². The summed E-state index contributed by atoms with van der Waals surface area (Å²) in [6, 6.07) is 13.1. The Bertz CT molecular complexity index is 1120. The molecule has 0 saturated carbocycles. The van der Waals surface area contributed by atoms with Gasteiger partial charge in [-0.25, -0.2) is 4.79 Å². The average molecular weight is 378 g/mol. The average Bonchev–Trinajstić information content (AvgIpc) is 2.67. The molecule has 2 aromatic carbocycles. The molecule has 0 spiro atoms. The molecule has 1 N–H and O–H groups in total. The van der Waals surface area contributed by atoms with Gasteiger partial charge in [-0.05, 0) is 38.7 Å². The number of benzene rings is 2. The van der Waals surface area contributed by atoms with Crippen molar-refractivity contribution in [2.24, 2.45) is 0 Å². The minimum absolute atomic E-state index is 0.0104. The first-order valence-electron chi connectivity index (χ1n) is 9.23. The number of para-hydroxylation sites is 2. The molecule has 6 nitrogen and oxygen atoms in total. The first-order valence-corrected chi connectivity index (χ1v) is 9.23. The summed E-state index contributed by atoms with van der Waals surface area (Å²) in [5.74, 6) is 0.157. The van der Waals surface area contributed by atoms with Crippen molar-refractivity contribution in [1.29, 1.82) is 0 Å². The van der Waals surface area contributed by atoms with Crippen LogP contribution in [0.15, 0.2) is 51.7 Å². The van der Waals surface area contributed by atoms with Crippen molar-refractivity contribution in [3.63, 3.8) is 0 Å². The van der Waals surface area contributed by atoms with Crippen LogP contribution in [0.2, 0.25) is 0 Å². The molecule has 1 aromatic heterocycles. The van der Waals surface area contributed by atoms with Gasteiger partial charge in [-0.3, -0.25) is 4.79 Å². The molecule has 1 atom stereocenters. The van der Waals surface area contributed by atoms with E-state index in [9.17, 15) is 9.59 Å². The Labute approximate surface area is 162 Å². The predicted octanol–water partition coefficient (Wildman–Crippen LogP) is 3.74. The van der Waals surface area contributed by atoms with Gasteiger partial charge in [-0.2, -0.15) is 0 Å². The summed E-state index contributed by atoms with van der Waals surface area (Å²) in [5, 5.41) is 3.59. The fourth-order valence-electron chi connectivity index (χ4n) is 3.79. The highest BCUT2D eigenvalue weighted by Gasteiger charge is 2.27. The zero-order chi connectivity index (χ0) is 19.8.